The SMILES string of the molecule is CC1(C)CC(C(N)C2CSc3ccccc32)C(C)(C)O1. The number of nitrogens with two attached hydrogens (primary N) is 1. The van der Waals surface area contributed by atoms with E-state index >= 15 is 0 Å². The normalized spacial score (nSPS) is 32.0. The van der Waals surface area contributed by atoms with Crippen LogP contribution < -0.4 is 5.73 Å². The highest BCUT2D eigenvalue weighted by Gasteiger charge is 2.50. The van der Waals surface area contributed by atoms with E-state index in [0.29, 0.717) is 11.8 Å². The Bertz CT molecular complexity index is 511. The molecule has 20 heavy (non-hydrogen) atoms. The number of rotatable bonds is 2. The fraction of sp³-hybridized carbons (Fsp3) is 0.647. The topological polar surface area (TPSA) is 35.2 Å². The molecule has 3 rings (SSSR count). The molecule has 0 spiro atoms. The van der Waals surface area contributed by atoms with E-state index in [4.69, 9.17) is 10.5 Å². The van der Waals surface area contributed by atoms with Crippen molar-refractivity contribution in [1.29, 1.82) is 0 Å². The summed E-state index contributed by atoms with van der Waals surface area (Å²) in [6.07, 6.45) is 1.05. The van der Waals surface area contributed by atoms with Gasteiger partial charge in [-0.15, -0.1) is 11.8 Å². The van der Waals surface area contributed by atoms with Gasteiger partial charge < -0.3 is 10.5 Å². The van der Waals surface area contributed by atoms with Gasteiger partial charge in [-0.3, -0.25) is 0 Å². The van der Waals surface area contributed by atoms with E-state index in [1.54, 1.807) is 0 Å². The first-order valence-electron chi connectivity index (χ1n) is 7.48. The number of fused-ring (bicyclic) bond motifs is 1. The lowest BCUT2D eigenvalue weighted by atomic mass is 9.75. The minimum atomic E-state index is -0.134. The van der Waals surface area contributed by atoms with Gasteiger partial charge in [0.15, 0.2) is 0 Å². The summed E-state index contributed by atoms with van der Waals surface area (Å²) in [5.74, 6) is 1.97. The number of hydrogen-bond donors (Lipinski definition) is 1. The van der Waals surface area contributed by atoms with Crippen molar-refractivity contribution in [3.63, 3.8) is 0 Å². The maximum absolute atomic E-state index is 6.70. The number of benzene rings is 1. The molecule has 0 saturated carbocycles. The Morgan fingerprint density at radius 2 is 1.95 bits per heavy atom. The van der Waals surface area contributed by atoms with Crippen molar-refractivity contribution in [1.82, 2.24) is 0 Å². The highest BCUT2D eigenvalue weighted by Crippen LogP contribution is 2.49. The van der Waals surface area contributed by atoms with Crippen LogP contribution >= 0.6 is 11.8 Å². The second kappa shape index (κ2) is 4.75. The zero-order chi connectivity index (χ0) is 14.5. The molecule has 3 atom stereocenters. The van der Waals surface area contributed by atoms with Crippen molar-refractivity contribution in [2.24, 2.45) is 11.7 Å². The lowest BCUT2D eigenvalue weighted by Crippen LogP contribution is -2.44. The molecule has 2 nitrogen and oxygen atoms in total. The summed E-state index contributed by atoms with van der Waals surface area (Å²) in [5.41, 5.74) is 7.95. The van der Waals surface area contributed by atoms with Crippen LogP contribution in [0.3, 0.4) is 0 Å². The molecule has 2 N–H and O–H groups in total. The van der Waals surface area contributed by atoms with Crippen LogP contribution in [0.4, 0.5) is 0 Å². The summed E-state index contributed by atoms with van der Waals surface area (Å²) in [4.78, 5) is 1.41. The van der Waals surface area contributed by atoms with Crippen molar-refractivity contribution in [2.75, 3.05) is 5.75 Å². The zero-order valence-corrected chi connectivity index (χ0v) is 13.7. The van der Waals surface area contributed by atoms with Crippen molar-refractivity contribution < 1.29 is 4.74 Å². The van der Waals surface area contributed by atoms with Gasteiger partial charge in [-0.1, -0.05) is 18.2 Å². The monoisotopic (exact) mass is 291 g/mol. The Balaban J connectivity index is 1.86. The van der Waals surface area contributed by atoms with E-state index in [1.807, 2.05) is 11.8 Å². The van der Waals surface area contributed by atoms with E-state index in [9.17, 15) is 0 Å². The molecule has 110 valence electrons. The number of ether oxygens (including phenoxy) is 1. The Hall–Kier alpha value is -0.510. The summed E-state index contributed by atoms with van der Waals surface area (Å²) >= 11 is 1.94. The van der Waals surface area contributed by atoms with Gasteiger partial charge >= 0.3 is 0 Å². The molecule has 3 heteroatoms. The minimum absolute atomic E-state index is 0.0585. The molecule has 1 fully saturated rings. The fourth-order valence-electron chi connectivity index (χ4n) is 3.99. The van der Waals surface area contributed by atoms with Crippen LogP contribution in [-0.2, 0) is 4.74 Å². The fourth-order valence-corrected chi connectivity index (χ4v) is 5.31. The highest BCUT2D eigenvalue weighted by molar-refractivity contribution is 7.99. The lowest BCUT2D eigenvalue weighted by molar-refractivity contribution is -0.0770. The van der Waals surface area contributed by atoms with Crippen LogP contribution in [0.5, 0.6) is 0 Å². The van der Waals surface area contributed by atoms with E-state index in [-0.39, 0.29) is 17.2 Å². The third-order valence-electron chi connectivity index (χ3n) is 4.81. The molecule has 0 aliphatic carbocycles. The average Bonchev–Trinajstić information content (AvgIpc) is 2.86. The van der Waals surface area contributed by atoms with Gasteiger partial charge in [0.25, 0.3) is 0 Å². The van der Waals surface area contributed by atoms with Gasteiger partial charge in [-0.05, 0) is 45.7 Å². The van der Waals surface area contributed by atoms with Crippen molar-refractivity contribution in [3.8, 4) is 0 Å². The number of hydrogen-bond acceptors (Lipinski definition) is 3. The molecule has 1 aromatic carbocycles. The van der Waals surface area contributed by atoms with Crippen molar-refractivity contribution >= 4 is 11.8 Å². The van der Waals surface area contributed by atoms with Gasteiger partial charge in [-0.2, -0.15) is 0 Å². The molecule has 0 bridgehead atoms. The molecule has 2 aliphatic heterocycles. The van der Waals surface area contributed by atoms with Crippen molar-refractivity contribution in [3.05, 3.63) is 29.8 Å². The van der Waals surface area contributed by atoms with Gasteiger partial charge in [0, 0.05) is 28.5 Å². The smallest absolute Gasteiger partial charge is 0.0677 e. The summed E-state index contributed by atoms with van der Waals surface area (Å²) in [6, 6.07) is 8.87. The van der Waals surface area contributed by atoms with Crippen LogP contribution in [0.1, 0.15) is 45.6 Å². The third-order valence-corrected chi connectivity index (χ3v) is 6.02. The summed E-state index contributed by atoms with van der Waals surface area (Å²) < 4.78 is 6.23. The Morgan fingerprint density at radius 1 is 1.25 bits per heavy atom. The van der Waals surface area contributed by atoms with E-state index in [2.05, 4.69) is 52.0 Å². The van der Waals surface area contributed by atoms with Gasteiger partial charge in [0.2, 0.25) is 0 Å². The third kappa shape index (κ3) is 2.40. The molecule has 3 unspecified atom stereocenters. The maximum atomic E-state index is 6.70. The summed E-state index contributed by atoms with van der Waals surface area (Å²) in [6.45, 7) is 8.75. The summed E-state index contributed by atoms with van der Waals surface area (Å²) in [7, 11) is 0. The first kappa shape index (κ1) is 14.4. The minimum Gasteiger partial charge on any atom is -0.369 e. The molecule has 0 aromatic heterocycles. The second-order valence-electron chi connectivity index (χ2n) is 7.31. The predicted octanol–water partition coefficient (Wildman–Crippen LogP) is 3.80. The van der Waals surface area contributed by atoms with Crippen LogP contribution in [0.15, 0.2) is 29.2 Å². The summed E-state index contributed by atoms with van der Waals surface area (Å²) in [5, 5.41) is 0. The van der Waals surface area contributed by atoms with E-state index in [0.717, 1.165) is 12.2 Å². The quantitative estimate of drug-likeness (QED) is 0.900. The van der Waals surface area contributed by atoms with E-state index in [1.165, 1.54) is 10.5 Å². The first-order chi connectivity index (χ1) is 9.30. The molecule has 2 heterocycles. The average molecular weight is 291 g/mol. The Morgan fingerprint density at radius 3 is 2.60 bits per heavy atom. The Kier molecular flexibility index (Phi) is 3.43. The predicted molar refractivity (Wildman–Crippen MR) is 85.2 cm³/mol. The Labute approximate surface area is 126 Å². The molecule has 1 saturated heterocycles. The van der Waals surface area contributed by atoms with Crippen LogP contribution in [0, 0.1) is 5.92 Å². The first-order valence-corrected chi connectivity index (χ1v) is 8.46. The van der Waals surface area contributed by atoms with Gasteiger partial charge in [-0.25, -0.2) is 0 Å². The molecule has 0 amide bonds. The van der Waals surface area contributed by atoms with Crippen LogP contribution in [-0.4, -0.2) is 23.0 Å². The largest absolute Gasteiger partial charge is 0.369 e. The molecule has 1 aromatic rings. The van der Waals surface area contributed by atoms with E-state index < -0.39 is 0 Å². The van der Waals surface area contributed by atoms with Gasteiger partial charge in [0.05, 0.1) is 11.2 Å². The maximum Gasteiger partial charge on any atom is 0.0677 e. The zero-order valence-electron chi connectivity index (χ0n) is 12.8. The highest BCUT2D eigenvalue weighted by atomic mass is 32.2. The molecule has 2 aliphatic rings. The molecular weight excluding hydrogens is 266 g/mol. The van der Waals surface area contributed by atoms with Crippen molar-refractivity contribution in [2.45, 2.75) is 62.2 Å². The van der Waals surface area contributed by atoms with Crippen LogP contribution in [0.2, 0.25) is 0 Å². The van der Waals surface area contributed by atoms with Crippen LogP contribution in [0.25, 0.3) is 0 Å². The molecular formula is C17H25NOS. The second-order valence-corrected chi connectivity index (χ2v) is 8.37. The lowest BCUT2D eigenvalue weighted by Gasteiger charge is -2.34. The van der Waals surface area contributed by atoms with Gasteiger partial charge in [0.1, 0.15) is 0 Å². The number of thioether (sulfide) groups is 1. The standard InChI is InChI=1S/C17H25NOS/c1-16(2)9-13(17(3,4)19-16)15(18)12-10-20-14-8-6-5-7-11(12)14/h5-8,12-13,15H,9-10,18H2,1-4H3. The molecule has 0 radical (unpaired) electrons.